The van der Waals surface area contributed by atoms with E-state index in [4.69, 9.17) is 21.1 Å². The molecular weight excluding hydrogens is 640 g/mol. The van der Waals surface area contributed by atoms with Crippen molar-refractivity contribution in [2.75, 3.05) is 45.2 Å². The molecule has 2 aliphatic rings. The predicted octanol–water partition coefficient (Wildman–Crippen LogP) is 0.850. The summed E-state index contributed by atoms with van der Waals surface area (Å²) in [5.41, 5.74) is 4.97. The molecule has 2 aromatic rings. The van der Waals surface area contributed by atoms with Gasteiger partial charge in [0.2, 0.25) is 5.91 Å². The number of anilines is 1. The Morgan fingerprint density at radius 3 is 2.49 bits per heavy atom. The summed E-state index contributed by atoms with van der Waals surface area (Å²) >= 11 is 0. The number of benzene rings is 2. The fourth-order valence-corrected chi connectivity index (χ4v) is 5.09. The van der Waals surface area contributed by atoms with Gasteiger partial charge >= 0.3 is 11.7 Å². The lowest BCUT2D eigenvalue weighted by atomic mass is 9.96. The number of carbonyl (C=O) groups is 3. The zero-order valence-electron chi connectivity index (χ0n) is 27.2. The van der Waals surface area contributed by atoms with E-state index in [2.05, 4.69) is 15.3 Å². The molecule has 2 aliphatic heterocycles. The van der Waals surface area contributed by atoms with Crippen LogP contribution in [0.4, 0.5) is 5.69 Å². The van der Waals surface area contributed by atoms with E-state index in [1.54, 1.807) is 45.0 Å². The van der Waals surface area contributed by atoms with Gasteiger partial charge in [-0.25, -0.2) is 15.8 Å². The Bertz CT molecular complexity index is 1790. The highest BCUT2D eigenvalue weighted by Crippen LogP contribution is 2.33. The number of nitrogens with two attached hydrogens (primary N) is 2. The molecule has 0 aromatic heterocycles. The fraction of sp³-hybridized carbons (Fsp3) is 0.355. The molecule has 2 unspecified atom stereocenters. The second kappa shape index (κ2) is 15.1. The molecule has 2 atom stereocenters. The van der Waals surface area contributed by atoms with Gasteiger partial charge in [-0.15, -0.1) is 0 Å². The first kappa shape index (κ1) is 35.6. The molecule has 0 radical (unpaired) electrons. The smallest absolute Gasteiger partial charge is 0.352 e. The average Bonchev–Trinajstić information content (AvgIpc) is 3.61. The van der Waals surface area contributed by atoms with Gasteiger partial charge in [0.05, 0.1) is 28.7 Å². The summed E-state index contributed by atoms with van der Waals surface area (Å²) in [7, 11) is 3.54. The first-order valence-electron chi connectivity index (χ1n) is 15.1. The molecule has 0 saturated heterocycles. The molecule has 0 spiro atoms. The van der Waals surface area contributed by atoms with Crippen molar-refractivity contribution in [2.24, 2.45) is 27.5 Å². The Hall–Kier alpha value is -6.22. The molecule has 258 valence electrons. The van der Waals surface area contributed by atoms with Crippen molar-refractivity contribution in [2.45, 2.75) is 26.6 Å². The number of amidine groups is 1. The van der Waals surface area contributed by atoms with Crippen LogP contribution in [0.3, 0.4) is 0 Å². The molecule has 2 amide bonds. The van der Waals surface area contributed by atoms with Crippen LogP contribution in [-0.4, -0.2) is 95.9 Å². The zero-order valence-corrected chi connectivity index (χ0v) is 27.2. The number of carboxylic acids is 1. The van der Waals surface area contributed by atoms with Gasteiger partial charge in [-0.3, -0.25) is 29.5 Å². The third-order valence-corrected chi connectivity index (χ3v) is 7.58. The van der Waals surface area contributed by atoms with Gasteiger partial charge in [-0.1, -0.05) is 0 Å². The third kappa shape index (κ3) is 7.85. The number of ether oxygens (including phenoxy) is 2. The number of nitrogens with one attached hydrogen (secondary N) is 1. The van der Waals surface area contributed by atoms with E-state index in [9.17, 15) is 34.9 Å². The summed E-state index contributed by atoms with van der Waals surface area (Å²) in [6, 6.07) is 10.9. The Morgan fingerprint density at radius 2 is 1.94 bits per heavy atom. The summed E-state index contributed by atoms with van der Waals surface area (Å²) in [5.74, 6) is 1.07. The fourth-order valence-electron chi connectivity index (χ4n) is 5.09. The summed E-state index contributed by atoms with van der Waals surface area (Å²) in [4.78, 5) is 61.3. The van der Waals surface area contributed by atoms with E-state index in [1.807, 2.05) is 12.1 Å². The number of nitriles is 1. The topological polar surface area (TPSA) is 255 Å². The molecule has 0 bridgehead atoms. The Labute approximate surface area is 281 Å². The maximum absolute atomic E-state index is 13.4. The highest BCUT2D eigenvalue weighted by molar-refractivity contribution is 6.12. The van der Waals surface area contributed by atoms with E-state index < -0.39 is 58.7 Å². The first-order valence-corrected chi connectivity index (χ1v) is 15.1. The summed E-state index contributed by atoms with van der Waals surface area (Å²) in [6.45, 7) is 5.38. The van der Waals surface area contributed by atoms with Crippen LogP contribution >= 0.6 is 0 Å². The van der Waals surface area contributed by atoms with Gasteiger partial charge in [-0.2, -0.15) is 5.26 Å². The second-order valence-electron chi connectivity index (χ2n) is 11.0. The molecule has 6 N–H and O–H groups in total. The van der Waals surface area contributed by atoms with Crippen molar-refractivity contribution in [1.29, 1.82) is 5.26 Å². The molecule has 0 fully saturated rings. The summed E-state index contributed by atoms with van der Waals surface area (Å²) in [5, 5.41) is 36.1. The van der Waals surface area contributed by atoms with Crippen LogP contribution in [0.15, 0.2) is 58.0 Å². The average molecular weight is 677 g/mol. The lowest BCUT2D eigenvalue weighted by molar-refractivity contribution is -0.420. The molecule has 18 heteroatoms. The number of nitro groups is 1. The molecule has 0 aliphatic carbocycles. The molecule has 49 heavy (non-hydrogen) atoms. The van der Waals surface area contributed by atoms with Gasteiger partial charge in [0.1, 0.15) is 29.0 Å². The normalized spacial score (nSPS) is 16.1. The van der Waals surface area contributed by atoms with E-state index in [1.165, 1.54) is 23.1 Å². The number of aliphatic imine (C=N–C) groups is 2. The maximum atomic E-state index is 13.4. The van der Waals surface area contributed by atoms with E-state index in [0.29, 0.717) is 48.3 Å². The largest absolute Gasteiger partial charge is 0.481 e. The molecular formula is C31H36N10O8. The Kier molecular flexibility index (Phi) is 11.0. The van der Waals surface area contributed by atoms with Crippen molar-refractivity contribution in [1.82, 2.24) is 15.2 Å². The summed E-state index contributed by atoms with van der Waals surface area (Å²) in [6.07, 6.45) is -2.66. The first-order chi connectivity index (χ1) is 23.3. The van der Waals surface area contributed by atoms with E-state index in [0.717, 1.165) is 0 Å². The van der Waals surface area contributed by atoms with Crippen molar-refractivity contribution < 1.29 is 33.9 Å². The van der Waals surface area contributed by atoms with Crippen molar-refractivity contribution in [3.8, 4) is 17.6 Å². The van der Waals surface area contributed by atoms with Gasteiger partial charge in [0, 0.05) is 57.5 Å². The number of aliphatic carboxylic acids is 1. The van der Waals surface area contributed by atoms with Crippen LogP contribution in [0, 0.1) is 27.4 Å². The van der Waals surface area contributed by atoms with E-state index in [-0.39, 0.29) is 22.6 Å². The summed E-state index contributed by atoms with van der Waals surface area (Å²) < 4.78 is 12.2. The lowest BCUT2D eigenvalue weighted by Gasteiger charge is -2.32. The maximum Gasteiger partial charge on any atom is 0.352 e. The number of primary amides is 1. The monoisotopic (exact) mass is 676 g/mol. The molecule has 2 heterocycles. The number of hydrogen-bond acceptors (Lipinski definition) is 14. The van der Waals surface area contributed by atoms with Gasteiger partial charge in [-0.05, 0) is 44.2 Å². The number of nitrogens with zero attached hydrogens (tertiary/aromatic N) is 7. The SMILES string of the molecule is CCN(CC)C(=O)c1ccc(C#N)cc1OC1N=C(C(CC(N)=O)C(=O)O)C([N+](=O)[O-])=C(Oc2cc(C3=NCCN3)cc(N(C)C)c2)N1N. The standard InChI is InChI=1S/C31H36N10O8/c1-5-39(6-2)28(43)21-8-7-17(16-32)11-23(21)49-31-37-25(22(30(44)45)15-24(33)42)26(41(46)47)29(40(31)34)48-20-13-18(27-35-9-10-36-27)12-19(14-20)38(3)4/h7-8,11-14,22,31H,5-6,9-10,15,34H2,1-4H3,(H2,33,42)(H,35,36)(H,44,45). The molecule has 2 aromatic carbocycles. The Morgan fingerprint density at radius 1 is 1.22 bits per heavy atom. The Balaban J connectivity index is 1.92. The van der Waals surface area contributed by atoms with Gasteiger partial charge < -0.3 is 35.4 Å². The quantitative estimate of drug-likeness (QED) is 0.123. The van der Waals surface area contributed by atoms with Crippen molar-refractivity contribution >= 4 is 35.0 Å². The van der Waals surface area contributed by atoms with Crippen LogP contribution in [0.1, 0.15) is 41.8 Å². The molecule has 0 saturated carbocycles. The van der Waals surface area contributed by atoms with Crippen LogP contribution in [0.25, 0.3) is 0 Å². The van der Waals surface area contributed by atoms with Crippen LogP contribution < -0.4 is 31.3 Å². The van der Waals surface area contributed by atoms with Crippen molar-refractivity contribution in [3.05, 3.63) is 74.8 Å². The lowest BCUT2D eigenvalue weighted by Crippen LogP contribution is -2.51. The number of amides is 2. The number of carboxylic acid groups (broad SMARTS) is 1. The molecule has 4 rings (SSSR count). The number of hydrazine groups is 1. The van der Waals surface area contributed by atoms with Crippen molar-refractivity contribution in [3.63, 3.8) is 0 Å². The van der Waals surface area contributed by atoms with Gasteiger partial charge in [0.15, 0.2) is 0 Å². The number of allylic oxidation sites excluding steroid dienone is 1. The van der Waals surface area contributed by atoms with Crippen LogP contribution in [-0.2, 0) is 9.59 Å². The molecule has 18 nitrogen and oxygen atoms in total. The zero-order chi connectivity index (χ0) is 36.0. The minimum Gasteiger partial charge on any atom is -0.481 e. The second-order valence-corrected chi connectivity index (χ2v) is 11.0. The third-order valence-electron chi connectivity index (χ3n) is 7.58. The predicted molar refractivity (Wildman–Crippen MR) is 176 cm³/mol. The van der Waals surface area contributed by atoms with Crippen LogP contribution in [0.5, 0.6) is 11.5 Å². The number of hydrogen-bond donors (Lipinski definition) is 4. The van der Waals surface area contributed by atoms with Gasteiger partial charge in [0.25, 0.3) is 18.1 Å². The number of rotatable bonds is 14. The van der Waals surface area contributed by atoms with Crippen LogP contribution in [0.2, 0.25) is 0 Å². The minimum absolute atomic E-state index is 0.0134. The highest BCUT2D eigenvalue weighted by Gasteiger charge is 2.45. The minimum atomic E-state index is -1.92. The number of carbonyl (C=O) groups excluding carboxylic acids is 2. The van der Waals surface area contributed by atoms with E-state index >= 15 is 0 Å². The highest BCUT2D eigenvalue weighted by atomic mass is 16.6.